The van der Waals surface area contributed by atoms with Crippen molar-refractivity contribution in [1.82, 2.24) is 5.32 Å². The fourth-order valence-corrected chi connectivity index (χ4v) is 4.04. The number of benzene rings is 1. The number of nitrogens with one attached hydrogen (secondary N) is 1. The van der Waals surface area contributed by atoms with Crippen molar-refractivity contribution in [3.63, 3.8) is 0 Å². The fraction of sp³-hybridized carbons (Fsp3) is 0.421. The standard InChI is InChI=1S/C19H23NO3S/c1-2-22-14-7-9-15(10-8-14)23-12-11-20-19(21)17-13-24-18-6-4-3-5-16(17)18/h7-10,13H,2-6,11-12H2,1H3,(H,20,21). The highest BCUT2D eigenvalue weighted by Gasteiger charge is 2.19. The Kier molecular flexibility index (Phi) is 5.75. The minimum absolute atomic E-state index is 0.0182. The van der Waals surface area contributed by atoms with Crippen LogP contribution in [-0.4, -0.2) is 25.7 Å². The number of carbonyl (C=O) groups is 1. The van der Waals surface area contributed by atoms with Gasteiger partial charge < -0.3 is 14.8 Å². The molecule has 5 heteroatoms. The maximum Gasteiger partial charge on any atom is 0.252 e. The SMILES string of the molecule is CCOc1ccc(OCCNC(=O)c2csc3c2CCCC3)cc1. The van der Waals surface area contributed by atoms with Gasteiger partial charge in [0, 0.05) is 10.3 Å². The van der Waals surface area contributed by atoms with Gasteiger partial charge in [0.05, 0.1) is 18.7 Å². The first-order valence-corrected chi connectivity index (χ1v) is 9.39. The molecule has 1 aliphatic carbocycles. The maximum atomic E-state index is 12.3. The van der Waals surface area contributed by atoms with Crippen molar-refractivity contribution in [2.75, 3.05) is 19.8 Å². The van der Waals surface area contributed by atoms with Gasteiger partial charge in [-0.2, -0.15) is 0 Å². The summed E-state index contributed by atoms with van der Waals surface area (Å²) in [5.74, 6) is 1.63. The van der Waals surface area contributed by atoms with E-state index in [0.29, 0.717) is 19.8 Å². The van der Waals surface area contributed by atoms with Gasteiger partial charge in [0.2, 0.25) is 0 Å². The summed E-state index contributed by atoms with van der Waals surface area (Å²) in [7, 11) is 0. The van der Waals surface area contributed by atoms with Crippen LogP contribution in [0.15, 0.2) is 29.6 Å². The molecule has 1 aromatic heterocycles. The van der Waals surface area contributed by atoms with Crippen molar-refractivity contribution >= 4 is 17.2 Å². The number of ether oxygens (including phenoxy) is 2. The first kappa shape index (κ1) is 16.8. The number of carbonyl (C=O) groups excluding carboxylic acids is 1. The Morgan fingerprint density at radius 2 is 1.83 bits per heavy atom. The third kappa shape index (κ3) is 4.09. The zero-order chi connectivity index (χ0) is 16.8. The first-order chi connectivity index (χ1) is 11.8. The Morgan fingerprint density at radius 1 is 1.12 bits per heavy atom. The molecule has 128 valence electrons. The zero-order valence-electron chi connectivity index (χ0n) is 14.0. The fourth-order valence-electron chi connectivity index (χ4n) is 2.91. The second-order valence-electron chi connectivity index (χ2n) is 5.77. The summed E-state index contributed by atoms with van der Waals surface area (Å²) < 4.78 is 11.0. The number of aryl methyl sites for hydroxylation is 1. The van der Waals surface area contributed by atoms with Crippen LogP contribution >= 0.6 is 11.3 Å². The Hall–Kier alpha value is -2.01. The molecule has 0 radical (unpaired) electrons. The molecule has 1 aromatic carbocycles. The highest BCUT2D eigenvalue weighted by molar-refractivity contribution is 7.10. The molecule has 0 spiro atoms. The van der Waals surface area contributed by atoms with E-state index < -0.39 is 0 Å². The molecular weight excluding hydrogens is 322 g/mol. The van der Waals surface area contributed by atoms with Crippen molar-refractivity contribution in [3.8, 4) is 11.5 Å². The molecule has 0 unspecified atom stereocenters. The summed E-state index contributed by atoms with van der Waals surface area (Å²) in [6, 6.07) is 7.52. The molecule has 24 heavy (non-hydrogen) atoms. The van der Waals surface area contributed by atoms with Crippen LogP contribution in [0.5, 0.6) is 11.5 Å². The lowest BCUT2D eigenvalue weighted by atomic mass is 9.96. The third-order valence-electron chi connectivity index (χ3n) is 4.10. The lowest BCUT2D eigenvalue weighted by Gasteiger charge is -2.13. The molecule has 0 saturated carbocycles. The van der Waals surface area contributed by atoms with Crippen LogP contribution in [0, 0.1) is 0 Å². The van der Waals surface area contributed by atoms with Gasteiger partial charge in [-0.05, 0) is 62.4 Å². The highest BCUT2D eigenvalue weighted by atomic mass is 32.1. The molecule has 0 fully saturated rings. The van der Waals surface area contributed by atoms with Crippen LogP contribution in [0.4, 0.5) is 0 Å². The lowest BCUT2D eigenvalue weighted by Crippen LogP contribution is -2.28. The van der Waals surface area contributed by atoms with Crippen molar-refractivity contribution < 1.29 is 14.3 Å². The van der Waals surface area contributed by atoms with Crippen LogP contribution in [-0.2, 0) is 12.8 Å². The summed E-state index contributed by atoms with van der Waals surface area (Å²) in [6.07, 6.45) is 4.58. The van der Waals surface area contributed by atoms with E-state index in [1.807, 2.05) is 36.6 Å². The first-order valence-electron chi connectivity index (χ1n) is 8.51. The van der Waals surface area contributed by atoms with Crippen LogP contribution < -0.4 is 14.8 Å². The van der Waals surface area contributed by atoms with E-state index in [0.717, 1.165) is 29.9 Å². The predicted molar refractivity (Wildman–Crippen MR) is 96.4 cm³/mol. The molecule has 1 amide bonds. The van der Waals surface area contributed by atoms with Gasteiger partial charge in [-0.25, -0.2) is 0 Å². The topological polar surface area (TPSA) is 47.6 Å². The molecule has 3 rings (SSSR count). The van der Waals surface area contributed by atoms with Gasteiger partial charge in [0.25, 0.3) is 5.91 Å². The minimum atomic E-state index is 0.0182. The Bertz CT molecular complexity index is 678. The van der Waals surface area contributed by atoms with Crippen molar-refractivity contribution in [2.24, 2.45) is 0 Å². The Labute approximate surface area is 146 Å². The minimum Gasteiger partial charge on any atom is -0.494 e. The summed E-state index contributed by atoms with van der Waals surface area (Å²) in [4.78, 5) is 13.7. The number of hydrogen-bond donors (Lipinski definition) is 1. The van der Waals surface area contributed by atoms with Gasteiger partial charge in [0.1, 0.15) is 18.1 Å². The van der Waals surface area contributed by atoms with Crippen LogP contribution in [0.25, 0.3) is 0 Å². The zero-order valence-corrected chi connectivity index (χ0v) is 14.8. The number of fused-ring (bicyclic) bond motifs is 1. The van der Waals surface area contributed by atoms with Gasteiger partial charge in [0.15, 0.2) is 0 Å². The monoisotopic (exact) mass is 345 g/mol. The van der Waals surface area contributed by atoms with Gasteiger partial charge in [-0.1, -0.05) is 0 Å². The maximum absolute atomic E-state index is 12.3. The number of thiophene rings is 1. The van der Waals surface area contributed by atoms with Crippen LogP contribution in [0.1, 0.15) is 40.6 Å². The van der Waals surface area contributed by atoms with Crippen molar-refractivity contribution in [1.29, 1.82) is 0 Å². The number of amides is 1. The average molecular weight is 345 g/mol. The molecule has 1 heterocycles. The van der Waals surface area contributed by atoms with Gasteiger partial charge in [-0.15, -0.1) is 11.3 Å². The van der Waals surface area contributed by atoms with E-state index in [1.165, 1.54) is 23.3 Å². The van der Waals surface area contributed by atoms with Crippen LogP contribution in [0.3, 0.4) is 0 Å². The summed E-state index contributed by atoms with van der Waals surface area (Å²) >= 11 is 1.72. The summed E-state index contributed by atoms with van der Waals surface area (Å²) in [5.41, 5.74) is 2.12. The molecule has 0 aliphatic heterocycles. The molecule has 1 aliphatic rings. The molecule has 0 bridgehead atoms. The van der Waals surface area contributed by atoms with E-state index >= 15 is 0 Å². The van der Waals surface area contributed by atoms with Gasteiger partial charge >= 0.3 is 0 Å². The van der Waals surface area contributed by atoms with E-state index in [4.69, 9.17) is 9.47 Å². The second kappa shape index (κ2) is 8.20. The molecule has 2 aromatic rings. The van der Waals surface area contributed by atoms with Gasteiger partial charge in [-0.3, -0.25) is 4.79 Å². The highest BCUT2D eigenvalue weighted by Crippen LogP contribution is 2.30. The molecule has 1 N–H and O–H groups in total. The van der Waals surface area contributed by atoms with Crippen molar-refractivity contribution in [2.45, 2.75) is 32.6 Å². The normalized spacial score (nSPS) is 13.2. The average Bonchev–Trinajstić information content (AvgIpc) is 3.04. The van der Waals surface area contributed by atoms with E-state index in [-0.39, 0.29) is 5.91 Å². The van der Waals surface area contributed by atoms with E-state index in [9.17, 15) is 4.79 Å². The third-order valence-corrected chi connectivity index (χ3v) is 5.19. The Balaban J connectivity index is 1.44. The largest absolute Gasteiger partial charge is 0.494 e. The molecule has 4 nitrogen and oxygen atoms in total. The van der Waals surface area contributed by atoms with Crippen LogP contribution in [0.2, 0.25) is 0 Å². The lowest BCUT2D eigenvalue weighted by molar-refractivity contribution is 0.0946. The summed E-state index contributed by atoms with van der Waals surface area (Å²) in [6.45, 7) is 3.55. The predicted octanol–water partition coefficient (Wildman–Crippen LogP) is 3.83. The molecule has 0 saturated heterocycles. The summed E-state index contributed by atoms with van der Waals surface area (Å²) in [5, 5.41) is 4.95. The number of hydrogen-bond acceptors (Lipinski definition) is 4. The number of rotatable bonds is 7. The Morgan fingerprint density at radius 3 is 2.58 bits per heavy atom. The molecular formula is C19H23NO3S. The molecule has 0 atom stereocenters. The van der Waals surface area contributed by atoms with E-state index in [1.54, 1.807) is 11.3 Å². The quantitative estimate of drug-likeness (QED) is 0.776. The van der Waals surface area contributed by atoms with Crippen molar-refractivity contribution in [3.05, 3.63) is 45.6 Å². The smallest absolute Gasteiger partial charge is 0.252 e. The second-order valence-corrected chi connectivity index (χ2v) is 6.73. The van der Waals surface area contributed by atoms with E-state index in [2.05, 4.69) is 5.32 Å².